The van der Waals surface area contributed by atoms with Gasteiger partial charge >= 0.3 is 5.97 Å². The van der Waals surface area contributed by atoms with Crippen LogP contribution in [0.3, 0.4) is 0 Å². The number of piperidine rings is 2. The lowest BCUT2D eigenvalue weighted by Gasteiger charge is -2.66. The molecule has 9 bridgehead atoms. The molecule has 0 aromatic carbocycles. The van der Waals surface area contributed by atoms with Gasteiger partial charge in [-0.15, -0.1) is 0 Å². The minimum atomic E-state index is -0.613. The Morgan fingerprint density at radius 3 is 2.96 bits per heavy atom. The third-order valence-corrected chi connectivity index (χ3v) is 10.5. The zero-order valence-electron chi connectivity index (χ0n) is 15.8. The average Bonchev–Trinajstić information content (AvgIpc) is 2.88. The number of hydrogen-bond acceptors (Lipinski definition) is 4. The molecule has 0 radical (unpaired) electrons. The summed E-state index contributed by atoms with van der Waals surface area (Å²) in [5, 5.41) is 12.0. The van der Waals surface area contributed by atoms with Crippen molar-refractivity contribution >= 4 is 5.97 Å². The molecular formula is C22H29NO3. The van der Waals surface area contributed by atoms with Crippen LogP contribution in [0.15, 0.2) is 12.2 Å². The molecule has 4 heteroatoms. The van der Waals surface area contributed by atoms with Crippen LogP contribution in [0.5, 0.6) is 0 Å². The molecule has 6 saturated carbocycles. The second-order valence-corrected chi connectivity index (χ2v) is 11.2. The van der Waals surface area contributed by atoms with Gasteiger partial charge in [0.25, 0.3) is 0 Å². The zero-order chi connectivity index (χ0) is 17.9. The topological polar surface area (TPSA) is 49.8 Å². The Kier molecular flexibility index (Phi) is 2.22. The highest BCUT2D eigenvalue weighted by molar-refractivity contribution is 5.66. The van der Waals surface area contributed by atoms with Crippen molar-refractivity contribution in [1.82, 2.24) is 4.90 Å². The molecule has 3 heterocycles. The fraction of sp³-hybridized carbons (Fsp3) is 0.864. The first-order valence-electron chi connectivity index (χ1n) is 10.6. The van der Waals surface area contributed by atoms with Crippen LogP contribution in [0.25, 0.3) is 0 Å². The normalized spacial score (nSPS) is 68.0. The van der Waals surface area contributed by atoms with E-state index in [1.807, 2.05) is 0 Å². The first-order valence-corrected chi connectivity index (χ1v) is 10.6. The van der Waals surface area contributed by atoms with Gasteiger partial charge in [-0.25, -0.2) is 0 Å². The van der Waals surface area contributed by atoms with Crippen LogP contribution in [0.1, 0.15) is 52.4 Å². The maximum absolute atomic E-state index is 12.0. The number of fused-ring (bicyclic) bond motifs is 1. The van der Waals surface area contributed by atoms with Crippen molar-refractivity contribution in [3.8, 4) is 0 Å². The van der Waals surface area contributed by atoms with Crippen molar-refractivity contribution in [2.24, 2.45) is 39.9 Å². The van der Waals surface area contributed by atoms with E-state index in [9.17, 15) is 9.90 Å². The van der Waals surface area contributed by atoms with E-state index in [1.165, 1.54) is 24.8 Å². The third-order valence-electron chi connectivity index (χ3n) is 10.5. The first-order chi connectivity index (χ1) is 12.3. The van der Waals surface area contributed by atoms with Crippen molar-refractivity contribution in [3.63, 3.8) is 0 Å². The van der Waals surface area contributed by atoms with Crippen molar-refractivity contribution in [2.75, 3.05) is 6.54 Å². The molecule has 3 saturated heterocycles. The molecule has 26 heavy (non-hydrogen) atoms. The van der Waals surface area contributed by atoms with E-state index in [-0.39, 0.29) is 28.3 Å². The number of hydrogen-bond donors (Lipinski definition) is 1. The molecule has 140 valence electrons. The fourth-order valence-electron chi connectivity index (χ4n) is 10.9. The van der Waals surface area contributed by atoms with Crippen LogP contribution in [-0.4, -0.2) is 40.4 Å². The zero-order valence-corrected chi connectivity index (χ0v) is 15.8. The summed E-state index contributed by atoms with van der Waals surface area (Å²) in [6.45, 7) is 9.48. The van der Waals surface area contributed by atoms with Crippen molar-refractivity contribution < 1.29 is 14.6 Å². The first kappa shape index (κ1) is 15.1. The number of carbonyl (C=O) groups excluding carboxylic acids is 1. The van der Waals surface area contributed by atoms with E-state index < -0.39 is 5.72 Å². The standard InChI is InChI=1S/C22H29NO3/c1-11-8-20-9-22(25)18-19(3)5-4-6-21(18)16(20)15(26-12(2)24)13(11)7-14(20)17(21)23(22)10-19/h13-18,25H,1,4-10H2,2-3H3/t13-,14-,15?,16-,17-,18-,19-,20+,21+,22-/m1/s1. The third kappa shape index (κ3) is 1.15. The molecule has 3 aliphatic heterocycles. The SMILES string of the molecule is C=C1C[C@@]23C[C@@]4(O)[C@@H]5[C@]6(C)CCC[C@@]57[C@@H]2C(OC(C)=O)[C@@H]1C[C@@H]3[C@H]7N4C6. The van der Waals surface area contributed by atoms with Crippen LogP contribution < -0.4 is 0 Å². The highest BCUT2D eigenvalue weighted by atomic mass is 16.5. The highest BCUT2D eigenvalue weighted by Gasteiger charge is 2.92. The minimum absolute atomic E-state index is 0.00227. The second-order valence-electron chi connectivity index (χ2n) is 11.2. The summed E-state index contributed by atoms with van der Waals surface area (Å²) in [5.41, 5.74) is 1.20. The van der Waals surface area contributed by atoms with Crippen LogP contribution in [0.4, 0.5) is 0 Å². The molecular weight excluding hydrogens is 326 g/mol. The van der Waals surface area contributed by atoms with E-state index in [0.29, 0.717) is 29.7 Å². The second kappa shape index (κ2) is 3.82. The predicted molar refractivity (Wildman–Crippen MR) is 94.8 cm³/mol. The van der Waals surface area contributed by atoms with Gasteiger partial charge in [-0.3, -0.25) is 9.69 Å². The van der Waals surface area contributed by atoms with Crippen LogP contribution >= 0.6 is 0 Å². The number of ether oxygens (including phenoxy) is 1. The molecule has 9 rings (SSSR count). The van der Waals surface area contributed by atoms with E-state index in [1.54, 1.807) is 6.92 Å². The lowest BCUT2D eigenvalue weighted by atomic mass is 9.39. The summed E-state index contributed by atoms with van der Waals surface area (Å²) in [4.78, 5) is 14.6. The summed E-state index contributed by atoms with van der Waals surface area (Å²) in [6.07, 6.45) is 6.80. The van der Waals surface area contributed by atoms with Crippen molar-refractivity contribution in [2.45, 2.75) is 70.2 Å². The predicted octanol–water partition coefficient (Wildman–Crippen LogP) is 2.71. The molecule has 0 amide bonds. The smallest absolute Gasteiger partial charge is 0.302 e. The van der Waals surface area contributed by atoms with Crippen LogP contribution in [0.2, 0.25) is 0 Å². The lowest BCUT2D eigenvalue weighted by Crippen LogP contribution is -2.67. The molecule has 0 aromatic heterocycles. The molecule has 6 aliphatic carbocycles. The van der Waals surface area contributed by atoms with Gasteiger partial charge in [0.1, 0.15) is 11.8 Å². The molecule has 4 nitrogen and oxygen atoms in total. The molecule has 1 N–H and O–H groups in total. The van der Waals surface area contributed by atoms with Gasteiger partial charge in [0.2, 0.25) is 0 Å². The van der Waals surface area contributed by atoms with E-state index in [2.05, 4.69) is 18.4 Å². The molecule has 9 fully saturated rings. The molecule has 2 unspecified atom stereocenters. The maximum atomic E-state index is 12.0. The number of esters is 1. The monoisotopic (exact) mass is 355 g/mol. The maximum Gasteiger partial charge on any atom is 0.302 e. The van der Waals surface area contributed by atoms with Gasteiger partial charge in [0.05, 0.1) is 0 Å². The Hall–Kier alpha value is -0.870. The summed E-state index contributed by atoms with van der Waals surface area (Å²) in [5.74, 6) is 1.68. The van der Waals surface area contributed by atoms with Gasteiger partial charge in [0.15, 0.2) is 0 Å². The largest absolute Gasteiger partial charge is 0.462 e. The molecule has 11 atom stereocenters. The quantitative estimate of drug-likeness (QED) is 0.580. The van der Waals surface area contributed by atoms with Gasteiger partial charge < -0.3 is 9.84 Å². The van der Waals surface area contributed by atoms with Crippen LogP contribution in [0, 0.1) is 39.9 Å². The summed E-state index contributed by atoms with van der Waals surface area (Å²) in [6, 6.07) is 0.515. The minimum Gasteiger partial charge on any atom is -0.462 e. The Morgan fingerprint density at radius 2 is 2.19 bits per heavy atom. The summed E-state index contributed by atoms with van der Waals surface area (Å²) >= 11 is 0. The molecule has 9 aliphatic rings. The highest BCUT2D eigenvalue weighted by Crippen LogP contribution is 2.89. The number of aliphatic hydroxyl groups is 1. The fourth-order valence-corrected chi connectivity index (χ4v) is 10.9. The van der Waals surface area contributed by atoms with Gasteiger partial charge in [0, 0.05) is 42.7 Å². The molecule has 2 spiro atoms. The van der Waals surface area contributed by atoms with Gasteiger partial charge in [-0.05, 0) is 48.9 Å². The van der Waals surface area contributed by atoms with Gasteiger partial charge in [-0.1, -0.05) is 25.5 Å². The van der Waals surface area contributed by atoms with E-state index in [4.69, 9.17) is 4.74 Å². The number of nitrogens with zero attached hydrogens (tertiary/aromatic N) is 1. The number of rotatable bonds is 1. The summed E-state index contributed by atoms with van der Waals surface area (Å²) in [7, 11) is 0. The Balaban J connectivity index is 1.50. The summed E-state index contributed by atoms with van der Waals surface area (Å²) < 4.78 is 6.08. The average molecular weight is 355 g/mol. The van der Waals surface area contributed by atoms with Crippen molar-refractivity contribution in [3.05, 3.63) is 12.2 Å². The van der Waals surface area contributed by atoms with Crippen molar-refractivity contribution in [1.29, 1.82) is 0 Å². The van der Waals surface area contributed by atoms with Crippen LogP contribution in [-0.2, 0) is 9.53 Å². The lowest BCUT2D eigenvalue weighted by molar-refractivity contribution is -0.250. The van der Waals surface area contributed by atoms with E-state index in [0.717, 1.165) is 25.8 Å². The van der Waals surface area contributed by atoms with E-state index >= 15 is 0 Å². The number of carbonyl (C=O) groups is 1. The Morgan fingerprint density at radius 1 is 1.38 bits per heavy atom. The Bertz CT molecular complexity index is 794. The molecule has 0 aromatic rings. The van der Waals surface area contributed by atoms with Gasteiger partial charge in [-0.2, -0.15) is 0 Å². The Labute approximate surface area is 155 Å².